The fourth-order valence-corrected chi connectivity index (χ4v) is 1.51. The van der Waals surface area contributed by atoms with Gasteiger partial charge in [-0.2, -0.15) is 0 Å². The third-order valence-corrected chi connectivity index (χ3v) is 2.04. The van der Waals surface area contributed by atoms with Crippen LogP contribution in [-0.4, -0.2) is 5.71 Å². The molecule has 0 saturated heterocycles. The van der Waals surface area contributed by atoms with Crippen LogP contribution in [0.15, 0.2) is 18.2 Å². The molecule has 3 N–H and O–H groups in total. The van der Waals surface area contributed by atoms with Gasteiger partial charge in [-0.15, -0.1) is 0 Å². The molecule has 0 radical (unpaired) electrons. The quantitative estimate of drug-likeness (QED) is 0.534. The molecular formula is C9H10N2. The molecule has 0 aromatic heterocycles. The number of nitrogen functional groups attached to an aromatic ring is 1. The van der Waals surface area contributed by atoms with Gasteiger partial charge in [-0.3, -0.25) is 0 Å². The lowest BCUT2D eigenvalue weighted by Crippen LogP contribution is -1.91. The van der Waals surface area contributed by atoms with Crippen LogP contribution in [0.4, 0.5) is 5.69 Å². The van der Waals surface area contributed by atoms with Gasteiger partial charge in [0.1, 0.15) is 0 Å². The maximum atomic E-state index is 7.46. The second-order valence-electron chi connectivity index (χ2n) is 2.99. The molecular weight excluding hydrogens is 136 g/mol. The van der Waals surface area contributed by atoms with Crippen LogP contribution in [0, 0.1) is 5.41 Å². The fourth-order valence-electron chi connectivity index (χ4n) is 1.51. The lowest BCUT2D eigenvalue weighted by Gasteiger charge is -1.97. The zero-order chi connectivity index (χ0) is 7.84. The van der Waals surface area contributed by atoms with Crippen molar-refractivity contribution in [3.05, 3.63) is 29.3 Å². The highest BCUT2D eigenvalue weighted by Crippen LogP contribution is 2.21. The minimum Gasteiger partial charge on any atom is -0.399 e. The summed E-state index contributed by atoms with van der Waals surface area (Å²) in [4.78, 5) is 0. The van der Waals surface area contributed by atoms with Crippen molar-refractivity contribution >= 4 is 11.4 Å². The van der Waals surface area contributed by atoms with E-state index in [2.05, 4.69) is 0 Å². The van der Waals surface area contributed by atoms with E-state index in [-0.39, 0.29) is 0 Å². The largest absolute Gasteiger partial charge is 0.399 e. The molecule has 2 nitrogen and oxygen atoms in total. The minimum atomic E-state index is 0.792. The predicted molar refractivity (Wildman–Crippen MR) is 46.0 cm³/mol. The topological polar surface area (TPSA) is 49.9 Å². The van der Waals surface area contributed by atoms with Crippen LogP contribution in [-0.2, 0) is 12.8 Å². The molecule has 0 amide bonds. The number of nitrogens with one attached hydrogen (secondary N) is 1. The summed E-state index contributed by atoms with van der Waals surface area (Å²) in [5.74, 6) is 0. The molecule has 2 rings (SSSR count). The zero-order valence-corrected chi connectivity index (χ0v) is 6.22. The molecule has 0 spiro atoms. The Morgan fingerprint density at radius 3 is 2.73 bits per heavy atom. The van der Waals surface area contributed by atoms with Crippen LogP contribution in [0.2, 0.25) is 0 Å². The normalized spacial score (nSPS) is 15.1. The molecule has 56 valence electrons. The van der Waals surface area contributed by atoms with Crippen molar-refractivity contribution in [2.45, 2.75) is 12.8 Å². The van der Waals surface area contributed by atoms with E-state index in [0.717, 1.165) is 24.2 Å². The van der Waals surface area contributed by atoms with Crippen molar-refractivity contribution in [1.82, 2.24) is 0 Å². The predicted octanol–water partition coefficient (Wildman–Crippen LogP) is 1.39. The molecule has 1 aromatic rings. The summed E-state index contributed by atoms with van der Waals surface area (Å²) in [6.07, 6.45) is 1.61. The highest BCUT2D eigenvalue weighted by molar-refractivity contribution is 5.90. The van der Waals surface area contributed by atoms with Crippen LogP contribution >= 0.6 is 0 Å². The molecule has 0 aliphatic heterocycles. The Bertz CT molecular complexity index is 315. The molecule has 1 aliphatic rings. The number of nitrogens with two attached hydrogens (primary N) is 1. The zero-order valence-electron chi connectivity index (χ0n) is 6.22. The van der Waals surface area contributed by atoms with Gasteiger partial charge in [0, 0.05) is 24.2 Å². The van der Waals surface area contributed by atoms with Gasteiger partial charge < -0.3 is 11.1 Å². The first-order valence-electron chi connectivity index (χ1n) is 3.69. The summed E-state index contributed by atoms with van der Waals surface area (Å²) in [6.45, 7) is 0. The molecule has 2 heteroatoms. The number of rotatable bonds is 0. The van der Waals surface area contributed by atoms with Gasteiger partial charge in [0.15, 0.2) is 0 Å². The second kappa shape index (κ2) is 2.09. The first kappa shape index (κ1) is 6.40. The highest BCUT2D eigenvalue weighted by Gasteiger charge is 2.14. The maximum Gasteiger partial charge on any atom is 0.0317 e. The van der Waals surface area contributed by atoms with Gasteiger partial charge in [-0.25, -0.2) is 0 Å². The summed E-state index contributed by atoms with van der Waals surface area (Å²) in [6, 6.07) is 5.89. The average molecular weight is 146 g/mol. The van der Waals surface area contributed by atoms with Crippen molar-refractivity contribution in [2.24, 2.45) is 0 Å². The first-order valence-corrected chi connectivity index (χ1v) is 3.69. The fraction of sp³-hybridized carbons (Fsp3) is 0.222. The third-order valence-electron chi connectivity index (χ3n) is 2.04. The lowest BCUT2D eigenvalue weighted by molar-refractivity contribution is 1.32. The van der Waals surface area contributed by atoms with E-state index in [0.29, 0.717) is 0 Å². The summed E-state index contributed by atoms with van der Waals surface area (Å²) >= 11 is 0. The van der Waals surface area contributed by atoms with Crippen molar-refractivity contribution in [3.63, 3.8) is 0 Å². The molecule has 0 bridgehead atoms. The Morgan fingerprint density at radius 1 is 1.18 bits per heavy atom. The summed E-state index contributed by atoms with van der Waals surface area (Å²) in [7, 11) is 0. The summed E-state index contributed by atoms with van der Waals surface area (Å²) in [5, 5.41) is 7.46. The number of benzene rings is 1. The number of fused-ring (bicyclic) bond motifs is 1. The molecule has 0 fully saturated rings. The van der Waals surface area contributed by atoms with Gasteiger partial charge in [0.25, 0.3) is 0 Å². The van der Waals surface area contributed by atoms with E-state index in [1.165, 1.54) is 11.1 Å². The second-order valence-corrected chi connectivity index (χ2v) is 2.99. The van der Waals surface area contributed by atoms with Crippen LogP contribution in [0.1, 0.15) is 11.1 Å². The molecule has 0 saturated carbocycles. The summed E-state index contributed by atoms with van der Waals surface area (Å²) < 4.78 is 0. The first-order chi connectivity index (χ1) is 5.25. The minimum absolute atomic E-state index is 0.792. The smallest absolute Gasteiger partial charge is 0.0317 e. The van der Waals surface area contributed by atoms with Crippen LogP contribution in [0.5, 0.6) is 0 Å². The number of anilines is 1. The Kier molecular flexibility index (Phi) is 1.22. The van der Waals surface area contributed by atoms with Crippen LogP contribution in [0.25, 0.3) is 0 Å². The van der Waals surface area contributed by atoms with Gasteiger partial charge in [-0.1, -0.05) is 6.07 Å². The van der Waals surface area contributed by atoms with Gasteiger partial charge >= 0.3 is 0 Å². The van der Waals surface area contributed by atoms with Crippen molar-refractivity contribution < 1.29 is 0 Å². The summed E-state index contributed by atoms with van der Waals surface area (Å²) in [5.41, 5.74) is 9.71. The van der Waals surface area contributed by atoms with E-state index in [1.807, 2.05) is 18.2 Å². The van der Waals surface area contributed by atoms with Gasteiger partial charge in [-0.05, 0) is 23.3 Å². The average Bonchev–Trinajstić information content (AvgIpc) is 2.27. The Hall–Kier alpha value is -1.31. The molecule has 0 atom stereocenters. The molecule has 1 aliphatic carbocycles. The Morgan fingerprint density at radius 2 is 1.91 bits per heavy atom. The third kappa shape index (κ3) is 1.00. The molecule has 0 heterocycles. The molecule has 0 unspecified atom stereocenters. The SMILES string of the molecule is N=C1Cc2ccc(N)cc2C1. The number of hydrogen-bond acceptors (Lipinski definition) is 2. The van der Waals surface area contributed by atoms with Crippen molar-refractivity contribution in [1.29, 1.82) is 5.41 Å². The standard InChI is InChI=1S/C9H10N2/c10-8-2-1-6-3-9(11)5-7(6)4-8/h1-2,4,11H,3,5,10H2. The van der Waals surface area contributed by atoms with Crippen LogP contribution < -0.4 is 5.73 Å². The van der Waals surface area contributed by atoms with Crippen molar-refractivity contribution in [3.8, 4) is 0 Å². The van der Waals surface area contributed by atoms with E-state index < -0.39 is 0 Å². The van der Waals surface area contributed by atoms with Crippen molar-refractivity contribution in [2.75, 3.05) is 5.73 Å². The lowest BCUT2D eigenvalue weighted by atomic mass is 10.1. The highest BCUT2D eigenvalue weighted by atomic mass is 14.5. The van der Waals surface area contributed by atoms with Crippen LogP contribution in [0.3, 0.4) is 0 Å². The molecule has 1 aromatic carbocycles. The van der Waals surface area contributed by atoms with E-state index in [1.54, 1.807) is 0 Å². The maximum absolute atomic E-state index is 7.46. The van der Waals surface area contributed by atoms with Gasteiger partial charge in [0.2, 0.25) is 0 Å². The van der Waals surface area contributed by atoms with E-state index in [4.69, 9.17) is 11.1 Å². The Labute approximate surface area is 65.5 Å². The number of hydrogen-bond donors (Lipinski definition) is 2. The van der Waals surface area contributed by atoms with Gasteiger partial charge in [0.05, 0.1) is 0 Å². The Balaban J connectivity index is 2.51. The molecule has 11 heavy (non-hydrogen) atoms. The monoisotopic (exact) mass is 146 g/mol. The van der Waals surface area contributed by atoms with E-state index in [9.17, 15) is 0 Å². The van der Waals surface area contributed by atoms with E-state index >= 15 is 0 Å².